The predicted octanol–water partition coefficient (Wildman–Crippen LogP) is -0.612. The molecule has 52 valence electrons. The van der Waals surface area contributed by atoms with Crippen LogP contribution in [-0.4, -0.2) is 22.7 Å². The van der Waals surface area contributed by atoms with E-state index in [1.54, 1.807) is 0 Å². The second-order valence-electron chi connectivity index (χ2n) is 1.90. The Morgan fingerprint density at radius 2 is 2.44 bits per heavy atom. The molecule has 1 saturated heterocycles. The molecule has 4 N–H and O–H groups in total. The van der Waals surface area contributed by atoms with Gasteiger partial charge in [0.25, 0.3) is 0 Å². The van der Waals surface area contributed by atoms with E-state index in [1.165, 1.54) is 0 Å². The summed E-state index contributed by atoms with van der Waals surface area (Å²) < 4.78 is 0.292. The number of nitrogens with one attached hydrogen (secondary N) is 2. The van der Waals surface area contributed by atoms with Gasteiger partial charge >= 0.3 is 6.03 Å². The fraction of sp³-hybridized carbons (Fsp3) is 0.750. The van der Waals surface area contributed by atoms with Crippen molar-refractivity contribution >= 4 is 28.6 Å². The van der Waals surface area contributed by atoms with Gasteiger partial charge in [0.2, 0.25) is 0 Å². The summed E-state index contributed by atoms with van der Waals surface area (Å²) in [5.41, 5.74) is 5.49. The van der Waals surface area contributed by atoms with Crippen LogP contribution in [0.25, 0.3) is 0 Å². The number of urea groups is 1. The van der Waals surface area contributed by atoms with Crippen LogP contribution in [0.15, 0.2) is 0 Å². The molecule has 0 aliphatic carbocycles. The van der Waals surface area contributed by atoms with Crippen molar-refractivity contribution in [2.75, 3.05) is 6.54 Å². The maximum atomic E-state index is 10.5. The van der Waals surface area contributed by atoms with E-state index in [-0.39, 0.29) is 12.2 Å². The van der Waals surface area contributed by atoms with Crippen molar-refractivity contribution < 1.29 is 4.79 Å². The number of nitrogens with two attached hydrogens (primary N) is 1. The van der Waals surface area contributed by atoms with Crippen molar-refractivity contribution in [2.24, 2.45) is 5.73 Å². The molecule has 0 spiro atoms. The summed E-state index contributed by atoms with van der Waals surface area (Å²) in [6.45, 7) is 0.660. The highest BCUT2D eigenvalue weighted by Crippen LogP contribution is 2.03. The van der Waals surface area contributed by atoms with Crippen molar-refractivity contribution in [3.8, 4) is 0 Å². The van der Waals surface area contributed by atoms with Crippen LogP contribution in [0, 0.1) is 0 Å². The van der Waals surface area contributed by atoms with Crippen molar-refractivity contribution in [1.29, 1.82) is 0 Å². The van der Waals surface area contributed by atoms with E-state index >= 15 is 0 Å². The number of hydrogen-bond donors (Lipinski definition) is 3. The number of carbonyl (C=O) groups excluding carboxylic acids is 1. The summed E-state index contributed by atoms with van der Waals surface area (Å²) >= 11 is 2.19. The van der Waals surface area contributed by atoms with Crippen LogP contribution in [0.5, 0.6) is 0 Å². The predicted molar refractivity (Wildman–Crippen MR) is 42.3 cm³/mol. The molecule has 0 aromatic rings. The lowest BCUT2D eigenvalue weighted by molar-refractivity contribution is 0.231. The summed E-state index contributed by atoms with van der Waals surface area (Å²) in [5.74, 6) is 0. The molecule has 9 heavy (non-hydrogen) atoms. The van der Waals surface area contributed by atoms with Gasteiger partial charge in [0, 0.05) is 6.54 Å². The third-order valence-corrected chi connectivity index (χ3v) is 2.36. The summed E-state index contributed by atoms with van der Waals surface area (Å²) in [5, 5.41) is 5.17. The minimum absolute atomic E-state index is 0.171. The van der Waals surface area contributed by atoms with Crippen LogP contribution in [-0.2, 0) is 0 Å². The van der Waals surface area contributed by atoms with E-state index in [1.807, 2.05) is 0 Å². The van der Waals surface area contributed by atoms with Crippen LogP contribution in [0.2, 0.25) is 0 Å². The molecule has 4 nitrogen and oxygen atoms in total. The molecule has 0 aromatic carbocycles. The minimum atomic E-state index is -0.195. The standard InChI is InChI=1S/C4H8IN3O/c5-2-1-7-4(9)8-3(2)6/h2-3H,1,6H2,(H2,7,8,9). The van der Waals surface area contributed by atoms with Gasteiger partial charge in [0.1, 0.15) is 0 Å². The maximum Gasteiger partial charge on any atom is 0.316 e. The SMILES string of the molecule is NC1NC(=O)NCC1I. The largest absolute Gasteiger partial charge is 0.337 e. The average Bonchev–Trinajstić information content (AvgIpc) is 1.80. The van der Waals surface area contributed by atoms with E-state index in [4.69, 9.17) is 5.73 Å². The first-order chi connectivity index (χ1) is 4.20. The molecule has 1 fully saturated rings. The Hall–Kier alpha value is -0.0400. The summed E-state index contributed by atoms with van der Waals surface area (Å²) in [6, 6.07) is -0.171. The quantitative estimate of drug-likeness (QED) is 0.391. The first kappa shape index (κ1) is 7.07. The Morgan fingerprint density at radius 3 is 2.89 bits per heavy atom. The van der Waals surface area contributed by atoms with Crippen molar-refractivity contribution in [2.45, 2.75) is 10.1 Å². The zero-order valence-electron chi connectivity index (χ0n) is 4.73. The smallest absolute Gasteiger partial charge is 0.316 e. The number of hydrogen-bond acceptors (Lipinski definition) is 2. The molecule has 0 saturated carbocycles. The third kappa shape index (κ3) is 1.68. The normalized spacial score (nSPS) is 35.1. The summed E-state index contributed by atoms with van der Waals surface area (Å²) in [4.78, 5) is 10.5. The minimum Gasteiger partial charge on any atom is -0.337 e. The number of rotatable bonds is 0. The summed E-state index contributed by atoms with van der Waals surface area (Å²) in [6.07, 6.45) is -0.195. The first-order valence-electron chi connectivity index (χ1n) is 2.64. The zero-order valence-corrected chi connectivity index (χ0v) is 6.88. The molecule has 1 aliphatic rings. The fourth-order valence-electron chi connectivity index (χ4n) is 0.610. The zero-order chi connectivity index (χ0) is 6.85. The van der Waals surface area contributed by atoms with E-state index in [0.29, 0.717) is 10.5 Å². The van der Waals surface area contributed by atoms with Gasteiger partial charge in [-0.1, -0.05) is 22.6 Å². The molecule has 1 rings (SSSR count). The van der Waals surface area contributed by atoms with Gasteiger partial charge < -0.3 is 16.4 Å². The van der Waals surface area contributed by atoms with Crippen LogP contribution >= 0.6 is 22.6 Å². The van der Waals surface area contributed by atoms with Gasteiger partial charge in [-0.05, 0) is 0 Å². The van der Waals surface area contributed by atoms with Crippen LogP contribution in [0.3, 0.4) is 0 Å². The van der Waals surface area contributed by atoms with Gasteiger partial charge in [-0.2, -0.15) is 0 Å². The Morgan fingerprint density at radius 1 is 1.78 bits per heavy atom. The number of halogens is 1. The van der Waals surface area contributed by atoms with Gasteiger partial charge in [-0.25, -0.2) is 4.79 Å². The highest BCUT2D eigenvalue weighted by atomic mass is 127. The molecule has 2 amide bonds. The lowest BCUT2D eigenvalue weighted by Crippen LogP contribution is -2.59. The average molecular weight is 241 g/mol. The third-order valence-electron chi connectivity index (χ3n) is 1.15. The lowest BCUT2D eigenvalue weighted by Gasteiger charge is -2.25. The molecule has 0 radical (unpaired) electrons. The Bertz CT molecular complexity index is 129. The second-order valence-corrected chi connectivity index (χ2v) is 3.50. The molecule has 2 unspecified atom stereocenters. The highest BCUT2D eigenvalue weighted by molar-refractivity contribution is 14.1. The van der Waals surface area contributed by atoms with Gasteiger partial charge in [-0.3, -0.25) is 0 Å². The molecule has 5 heteroatoms. The van der Waals surface area contributed by atoms with Crippen LogP contribution < -0.4 is 16.4 Å². The van der Waals surface area contributed by atoms with Gasteiger partial charge in [-0.15, -0.1) is 0 Å². The number of carbonyl (C=O) groups is 1. The van der Waals surface area contributed by atoms with Crippen LogP contribution in [0.4, 0.5) is 4.79 Å². The molecule has 2 atom stereocenters. The van der Waals surface area contributed by atoms with Gasteiger partial charge in [0.05, 0.1) is 10.1 Å². The summed E-state index contributed by atoms with van der Waals surface area (Å²) in [7, 11) is 0. The van der Waals surface area contributed by atoms with E-state index in [9.17, 15) is 4.79 Å². The molecule has 1 aliphatic heterocycles. The van der Waals surface area contributed by atoms with Gasteiger partial charge in [0.15, 0.2) is 0 Å². The number of amides is 2. The molecule has 1 heterocycles. The Labute approximate surface area is 66.7 Å². The molecule has 0 bridgehead atoms. The molecule has 0 aromatic heterocycles. The fourth-order valence-corrected chi connectivity index (χ4v) is 1.01. The van der Waals surface area contributed by atoms with Crippen molar-refractivity contribution in [3.63, 3.8) is 0 Å². The first-order valence-corrected chi connectivity index (χ1v) is 3.89. The monoisotopic (exact) mass is 241 g/mol. The number of alkyl halides is 1. The Balaban J connectivity index is 2.44. The topological polar surface area (TPSA) is 67.1 Å². The second kappa shape index (κ2) is 2.70. The maximum absolute atomic E-state index is 10.5. The van der Waals surface area contributed by atoms with E-state index in [2.05, 4.69) is 33.2 Å². The Kier molecular flexibility index (Phi) is 2.12. The van der Waals surface area contributed by atoms with Crippen LogP contribution in [0.1, 0.15) is 0 Å². The van der Waals surface area contributed by atoms with E-state index < -0.39 is 0 Å². The lowest BCUT2D eigenvalue weighted by atomic mass is 10.3. The van der Waals surface area contributed by atoms with E-state index in [0.717, 1.165) is 0 Å². The molecular weight excluding hydrogens is 233 g/mol. The highest BCUT2D eigenvalue weighted by Gasteiger charge is 2.21. The van der Waals surface area contributed by atoms with Crippen molar-refractivity contribution in [3.05, 3.63) is 0 Å². The van der Waals surface area contributed by atoms with Crippen molar-refractivity contribution in [1.82, 2.24) is 10.6 Å². The molecular formula is C4H8IN3O.